The summed E-state index contributed by atoms with van der Waals surface area (Å²) in [5, 5.41) is 2.21. The lowest BCUT2D eigenvalue weighted by Crippen LogP contribution is -2.58. The number of hydrogen-bond acceptors (Lipinski definition) is 3. The van der Waals surface area contributed by atoms with Crippen molar-refractivity contribution in [3.05, 3.63) is 29.8 Å². The van der Waals surface area contributed by atoms with Gasteiger partial charge in [-0.2, -0.15) is 8.78 Å². The van der Waals surface area contributed by atoms with Gasteiger partial charge in [-0.3, -0.25) is 4.79 Å². The Kier molecular flexibility index (Phi) is 6.69. The molecule has 1 amide bonds. The lowest BCUT2D eigenvalue weighted by molar-refractivity contribution is -0.151. The molecular weight excluding hydrogens is 350 g/mol. The van der Waals surface area contributed by atoms with Crippen molar-refractivity contribution < 1.29 is 22.0 Å². The first-order chi connectivity index (χ1) is 11.3. The second kappa shape index (κ2) is 7.78. The van der Waals surface area contributed by atoms with Gasteiger partial charge in [0.15, 0.2) is 0 Å². The summed E-state index contributed by atoms with van der Waals surface area (Å²) < 4.78 is 56.0. The van der Waals surface area contributed by atoms with Gasteiger partial charge in [0.05, 0.1) is 10.9 Å². The van der Waals surface area contributed by atoms with Crippen LogP contribution in [0.25, 0.3) is 0 Å². The number of sulfonamides is 1. The van der Waals surface area contributed by atoms with E-state index in [4.69, 9.17) is 0 Å². The number of hydrogen-bond donors (Lipinski definition) is 2. The molecule has 0 heterocycles. The number of alkyl halides is 2. The van der Waals surface area contributed by atoms with Crippen molar-refractivity contribution in [3.63, 3.8) is 0 Å². The van der Waals surface area contributed by atoms with Crippen molar-refractivity contribution in [3.8, 4) is 0 Å². The van der Waals surface area contributed by atoms with Crippen molar-refractivity contribution in [2.45, 2.75) is 69.9 Å². The third kappa shape index (κ3) is 6.04. The minimum absolute atomic E-state index is 0.119. The van der Waals surface area contributed by atoms with E-state index in [0.717, 1.165) is 5.56 Å². The number of carbonyl (C=O) groups excluding carboxylic acids is 1. The van der Waals surface area contributed by atoms with Crippen LogP contribution in [0.5, 0.6) is 0 Å². The molecule has 0 bridgehead atoms. The highest BCUT2D eigenvalue weighted by molar-refractivity contribution is 7.89. The number of amides is 1. The molecule has 0 saturated carbocycles. The van der Waals surface area contributed by atoms with Gasteiger partial charge in [-0.15, -0.1) is 0 Å². The summed E-state index contributed by atoms with van der Waals surface area (Å²) in [6.45, 7) is 8.16. The Hall–Kier alpha value is -1.54. The first kappa shape index (κ1) is 21.5. The van der Waals surface area contributed by atoms with E-state index in [1.807, 2.05) is 4.72 Å². The van der Waals surface area contributed by atoms with Crippen LogP contribution in [0.15, 0.2) is 29.2 Å². The predicted molar refractivity (Wildman–Crippen MR) is 93.0 cm³/mol. The van der Waals surface area contributed by atoms with Crippen LogP contribution < -0.4 is 10.0 Å². The van der Waals surface area contributed by atoms with Crippen LogP contribution in [0.1, 0.15) is 46.1 Å². The first-order valence-electron chi connectivity index (χ1n) is 8.09. The molecule has 0 saturated heterocycles. The maximum Gasteiger partial charge on any atom is 0.340 e. The molecule has 1 rings (SSSR count). The topological polar surface area (TPSA) is 75.3 Å². The fraction of sp³-hybridized carbons (Fsp3) is 0.588. The van der Waals surface area contributed by atoms with Gasteiger partial charge in [-0.25, -0.2) is 13.1 Å². The van der Waals surface area contributed by atoms with Crippen LogP contribution in [-0.2, 0) is 14.8 Å². The minimum atomic E-state index is -4.17. The molecule has 5 nitrogen and oxygen atoms in total. The van der Waals surface area contributed by atoms with Crippen molar-refractivity contribution in [1.29, 1.82) is 0 Å². The van der Waals surface area contributed by atoms with Crippen LogP contribution in [-0.4, -0.2) is 31.8 Å². The van der Waals surface area contributed by atoms with E-state index in [0.29, 0.717) is 6.42 Å². The van der Waals surface area contributed by atoms with Crippen LogP contribution in [0.3, 0.4) is 0 Å². The number of benzene rings is 1. The van der Waals surface area contributed by atoms with Crippen LogP contribution in [0.4, 0.5) is 8.78 Å². The van der Waals surface area contributed by atoms with Crippen LogP contribution >= 0.6 is 0 Å². The van der Waals surface area contributed by atoms with E-state index in [9.17, 15) is 22.0 Å². The Morgan fingerprint density at radius 1 is 1.16 bits per heavy atom. The van der Waals surface area contributed by atoms with Crippen molar-refractivity contribution in [2.75, 3.05) is 0 Å². The van der Waals surface area contributed by atoms with E-state index < -0.39 is 33.4 Å². The Bertz CT molecular complexity index is 696. The molecule has 0 radical (unpaired) electrons. The van der Waals surface area contributed by atoms with Gasteiger partial charge in [-0.05, 0) is 46.2 Å². The largest absolute Gasteiger partial charge is 0.346 e. The molecule has 0 spiro atoms. The molecule has 0 aliphatic carbocycles. The van der Waals surface area contributed by atoms with Crippen molar-refractivity contribution in [1.82, 2.24) is 10.0 Å². The molecule has 0 aromatic heterocycles. The van der Waals surface area contributed by atoms with Crippen LogP contribution in [0.2, 0.25) is 0 Å². The Labute approximate surface area is 148 Å². The maximum atomic E-state index is 14.6. The summed E-state index contributed by atoms with van der Waals surface area (Å²) in [7, 11) is -4.17. The van der Waals surface area contributed by atoms with Gasteiger partial charge >= 0.3 is 5.92 Å². The molecular formula is C17H26F2N2O3S. The minimum Gasteiger partial charge on any atom is -0.346 e. The monoisotopic (exact) mass is 376 g/mol. The number of rotatable bonds is 7. The quantitative estimate of drug-likeness (QED) is 0.768. The summed E-state index contributed by atoms with van der Waals surface area (Å²) in [6.07, 6.45) is 0.120. The third-order valence-corrected chi connectivity index (χ3v) is 4.92. The highest BCUT2D eigenvalue weighted by atomic mass is 32.2. The lowest BCUT2D eigenvalue weighted by atomic mass is 10.0. The Balaban J connectivity index is 3.10. The molecule has 0 aliphatic rings. The van der Waals surface area contributed by atoms with Crippen molar-refractivity contribution >= 4 is 15.9 Å². The second-order valence-corrected chi connectivity index (χ2v) is 8.82. The summed E-state index contributed by atoms with van der Waals surface area (Å²) in [4.78, 5) is 11.8. The zero-order valence-corrected chi connectivity index (χ0v) is 16.0. The summed E-state index contributed by atoms with van der Waals surface area (Å²) in [6, 6.07) is 4.01. The van der Waals surface area contributed by atoms with Crippen LogP contribution in [0, 0.1) is 6.92 Å². The Morgan fingerprint density at radius 2 is 1.68 bits per heavy atom. The van der Waals surface area contributed by atoms with Crippen molar-refractivity contribution in [2.24, 2.45) is 0 Å². The molecule has 0 aliphatic heterocycles. The SMILES string of the molecule is CCCC(NS(=O)(=O)c1ccc(C)cc1)C(F)(F)C(=O)NC(C)(C)C. The van der Waals surface area contributed by atoms with Gasteiger partial charge in [0.25, 0.3) is 5.91 Å². The number of carbonyl (C=O) groups is 1. The molecule has 2 N–H and O–H groups in total. The normalized spacial score (nSPS) is 14.2. The van der Waals surface area contributed by atoms with Gasteiger partial charge in [-0.1, -0.05) is 31.0 Å². The fourth-order valence-electron chi connectivity index (χ4n) is 2.16. The zero-order chi connectivity index (χ0) is 19.5. The number of nitrogens with one attached hydrogen (secondary N) is 2. The average Bonchev–Trinajstić information content (AvgIpc) is 2.45. The molecule has 0 fully saturated rings. The molecule has 1 aromatic rings. The smallest absolute Gasteiger partial charge is 0.340 e. The second-order valence-electron chi connectivity index (χ2n) is 7.10. The zero-order valence-electron chi connectivity index (χ0n) is 15.2. The highest BCUT2D eigenvalue weighted by Crippen LogP contribution is 2.25. The Morgan fingerprint density at radius 3 is 2.12 bits per heavy atom. The first-order valence-corrected chi connectivity index (χ1v) is 9.57. The standard InChI is InChI=1S/C17H26F2N2O3S/c1-6-7-14(17(18,19)15(22)20-16(3,4)5)21-25(23,24)13-10-8-12(2)9-11-13/h8-11,14,21H,6-7H2,1-5H3,(H,20,22). The van der Waals surface area contributed by atoms with E-state index in [1.165, 1.54) is 12.1 Å². The van der Waals surface area contributed by atoms with E-state index in [1.54, 1.807) is 46.8 Å². The van der Waals surface area contributed by atoms with Gasteiger partial charge in [0.2, 0.25) is 10.0 Å². The molecule has 142 valence electrons. The summed E-state index contributed by atoms with van der Waals surface area (Å²) in [5.41, 5.74) is -0.00781. The fourth-order valence-corrected chi connectivity index (χ4v) is 3.43. The molecule has 1 unspecified atom stereocenters. The molecule has 8 heteroatoms. The number of halogens is 2. The van der Waals surface area contributed by atoms with E-state index in [2.05, 4.69) is 5.32 Å². The maximum absolute atomic E-state index is 14.6. The van der Waals surface area contributed by atoms with E-state index in [-0.39, 0.29) is 11.3 Å². The number of aryl methyl sites for hydroxylation is 1. The summed E-state index contributed by atoms with van der Waals surface area (Å²) in [5.74, 6) is -5.37. The van der Waals surface area contributed by atoms with Gasteiger partial charge in [0.1, 0.15) is 0 Å². The van der Waals surface area contributed by atoms with Gasteiger partial charge < -0.3 is 5.32 Å². The average molecular weight is 376 g/mol. The third-order valence-electron chi connectivity index (χ3n) is 3.43. The molecule has 25 heavy (non-hydrogen) atoms. The lowest BCUT2D eigenvalue weighted by Gasteiger charge is -2.30. The predicted octanol–water partition coefficient (Wildman–Crippen LogP) is 2.99. The summed E-state index contributed by atoms with van der Waals surface area (Å²) >= 11 is 0. The molecule has 1 atom stereocenters. The molecule has 1 aromatic carbocycles. The highest BCUT2D eigenvalue weighted by Gasteiger charge is 2.49. The van der Waals surface area contributed by atoms with Gasteiger partial charge in [0, 0.05) is 5.54 Å². The van der Waals surface area contributed by atoms with E-state index >= 15 is 0 Å².